The summed E-state index contributed by atoms with van der Waals surface area (Å²) >= 11 is 4.75. The van der Waals surface area contributed by atoms with Gasteiger partial charge in [0, 0.05) is 25.2 Å². The van der Waals surface area contributed by atoms with E-state index in [0.717, 1.165) is 19.0 Å². The molecule has 1 aromatic rings. The Hall–Kier alpha value is -1.09. The molecule has 0 saturated carbocycles. The van der Waals surface area contributed by atoms with Gasteiger partial charge < -0.3 is 10.6 Å². The van der Waals surface area contributed by atoms with E-state index in [1.165, 1.54) is 16.4 Å². The normalized spacial score (nSPS) is 18.4. The summed E-state index contributed by atoms with van der Waals surface area (Å²) in [5.41, 5.74) is 5.38. The number of hydrogen-bond donors (Lipinski definition) is 1. The maximum absolute atomic E-state index is 13.6. The topological polar surface area (TPSA) is 66.6 Å². The number of hydrogen-bond acceptors (Lipinski definition) is 4. The highest BCUT2D eigenvalue weighted by atomic mass is 32.2. The fourth-order valence-corrected chi connectivity index (χ4v) is 3.92. The zero-order valence-electron chi connectivity index (χ0n) is 11.8. The van der Waals surface area contributed by atoms with Gasteiger partial charge in [0.25, 0.3) is 0 Å². The molecule has 0 bridgehead atoms. The quantitative estimate of drug-likeness (QED) is 0.830. The van der Waals surface area contributed by atoms with Crippen LogP contribution in [-0.2, 0) is 10.0 Å². The van der Waals surface area contributed by atoms with Crippen molar-refractivity contribution >= 4 is 27.2 Å². The molecular formula is C13H18FN3O2S2. The molecule has 0 spiro atoms. The van der Waals surface area contributed by atoms with Gasteiger partial charge in [0.15, 0.2) is 0 Å². The van der Waals surface area contributed by atoms with E-state index in [9.17, 15) is 12.8 Å². The SMILES string of the molecule is CN1CCCN(S(=O)(=O)c2ccc(F)c(C(N)=S)c2)CC1. The second kappa shape index (κ2) is 6.35. The first kappa shape index (κ1) is 16.3. The molecule has 1 aliphatic heterocycles. The largest absolute Gasteiger partial charge is 0.389 e. The van der Waals surface area contributed by atoms with E-state index in [1.807, 2.05) is 7.05 Å². The van der Waals surface area contributed by atoms with Gasteiger partial charge in [0.05, 0.1) is 4.90 Å². The highest BCUT2D eigenvalue weighted by Crippen LogP contribution is 2.20. The number of sulfonamides is 1. The third kappa shape index (κ3) is 3.57. The molecule has 8 heteroatoms. The monoisotopic (exact) mass is 331 g/mol. The Balaban J connectivity index is 2.35. The third-order valence-electron chi connectivity index (χ3n) is 3.52. The summed E-state index contributed by atoms with van der Waals surface area (Å²) < 4.78 is 40.3. The highest BCUT2D eigenvalue weighted by Gasteiger charge is 2.27. The van der Waals surface area contributed by atoms with Crippen LogP contribution in [0.15, 0.2) is 23.1 Å². The van der Waals surface area contributed by atoms with Gasteiger partial charge in [-0.1, -0.05) is 12.2 Å². The van der Waals surface area contributed by atoms with Crippen molar-refractivity contribution in [3.8, 4) is 0 Å². The fraction of sp³-hybridized carbons (Fsp3) is 0.462. The van der Waals surface area contributed by atoms with E-state index in [2.05, 4.69) is 4.90 Å². The highest BCUT2D eigenvalue weighted by molar-refractivity contribution is 7.89. The molecule has 0 atom stereocenters. The van der Waals surface area contributed by atoms with E-state index in [4.69, 9.17) is 18.0 Å². The van der Waals surface area contributed by atoms with Crippen LogP contribution in [0.4, 0.5) is 4.39 Å². The lowest BCUT2D eigenvalue weighted by Gasteiger charge is -2.20. The van der Waals surface area contributed by atoms with Gasteiger partial charge in [-0.3, -0.25) is 0 Å². The van der Waals surface area contributed by atoms with Gasteiger partial charge in [-0.15, -0.1) is 0 Å². The lowest BCUT2D eigenvalue weighted by atomic mass is 10.2. The minimum absolute atomic E-state index is 0.0243. The second-order valence-electron chi connectivity index (χ2n) is 5.07. The van der Waals surface area contributed by atoms with Crippen LogP contribution in [0.1, 0.15) is 12.0 Å². The minimum atomic E-state index is -3.66. The Morgan fingerprint density at radius 1 is 1.29 bits per heavy atom. The molecule has 0 aromatic heterocycles. The summed E-state index contributed by atoms with van der Waals surface area (Å²) in [6, 6.07) is 3.55. The molecule has 1 heterocycles. The first-order chi connectivity index (χ1) is 9.82. The molecule has 0 aliphatic carbocycles. The Labute approximate surface area is 129 Å². The molecule has 0 radical (unpaired) electrons. The number of thiocarbonyl (C=S) groups is 1. The Morgan fingerprint density at radius 3 is 2.67 bits per heavy atom. The molecule has 1 aromatic carbocycles. The van der Waals surface area contributed by atoms with Crippen LogP contribution >= 0.6 is 12.2 Å². The Bertz CT molecular complexity index is 649. The maximum atomic E-state index is 13.6. The summed E-state index contributed by atoms with van der Waals surface area (Å²) in [6.07, 6.45) is 0.763. The van der Waals surface area contributed by atoms with Crippen LogP contribution in [0.25, 0.3) is 0 Å². The zero-order chi connectivity index (χ0) is 15.6. The molecule has 0 amide bonds. The smallest absolute Gasteiger partial charge is 0.243 e. The van der Waals surface area contributed by atoms with Crippen molar-refractivity contribution in [2.45, 2.75) is 11.3 Å². The van der Waals surface area contributed by atoms with Crippen LogP contribution in [0.2, 0.25) is 0 Å². The molecular weight excluding hydrogens is 313 g/mol. The lowest BCUT2D eigenvalue weighted by molar-refractivity contribution is 0.347. The van der Waals surface area contributed by atoms with Gasteiger partial charge in [-0.05, 0) is 38.2 Å². The van der Waals surface area contributed by atoms with Crippen LogP contribution in [0, 0.1) is 5.82 Å². The third-order valence-corrected chi connectivity index (χ3v) is 5.63. The van der Waals surface area contributed by atoms with Gasteiger partial charge >= 0.3 is 0 Å². The molecule has 116 valence electrons. The number of halogens is 1. The first-order valence-corrected chi connectivity index (χ1v) is 8.45. The van der Waals surface area contributed by atoms with Crippen LogP contribution in [-0.4, -0.2) is 55.8 Å². The molecule has 2 rings (SSSR count). The summed E-state index contributed by atoms with van der Waals surface area (Å²) in [5.74, 6) is -0.614. The molecule has 1 fully saturated rings. The van der Waals surface area contributed by atoms with E-state index in [1.54, 1.807) is 0 Å². The van der Waals surface area contributed by atoms with Crippen molar-refractivity contribution in [2.24, 2.45) is 5.73 Å². The van der Waals surface area contributed by atoms with Crippen LogP contribution in [0.5, 0.6) is 0 Å². The average Bonchev–Trinajstić information content (AvgIpc) is 2.63. The van der Waals surface area contributed by atoms with E-state index in [0.29, 0.717) is 19.6 Å². The molecule has 1 aliphatic rings. The molecule has 1 saturated heterocycles. The summed E-state index contributed by atoms with van der Waals surface area (Å²) in [4.78, 5) is 1.96. The number of rotatable bonds is 3. The number of benzene rings is 1. The van der Waals surface area contributed by atoms with E-state index < -0.39 is 15.8 Å². The predicted octanol–water partition coefficient (Wildman–Crippen LogP) is 0.786. The molecule has 5 nitrogen and oxygen atoms in total. The van der Waals surface area contributed by atoms with Crippen LogP contribution in [0.3, 0.4) is 0 Å². The number of likely N-dealkylation sites (N-methyl/N-ethyl adjacent to an activating group) is 1. The van der Waals surface area contributed by atoms with Gasteiger partial charge in [0.1, 0.15) is 10.8 Å². The average molecular weight is 331 g/mol. The van der Waals surface area contributed by atoms with Gasteiger partial charge in [-0.25, -0.2) is 12.8 Å². The molecule has 21 heavy (non-hydrogen) atoms. The first-order valence-electron chi connectivity index (χ1n) is 6.60. The van der Waals surface area contributed by atoms with Crippen molar-refractivity contribution in [1.29, 1.82) is 0 Å². The maximum Gasteiger partial charge on any atom is 0.243 e. The predicted molar refractivity (Wildman–Crippen MR) is 83.2 cm³/mol. The van der Waals surface area contributed by atoms with Crippen LogP contribution < -0.4 is 5.73 Å². The van der Waals surface area contributed by atoms with Crippen molar-refractivity contribution in [3.05, 3.63) is 29.6 Å². The minimum Gasteiger partial charge on any atom is -0.389 e. The number of nitrogens with two attached hydrogens (primary N) is 1. The Kier molecular flexibility index (Phi) is 4.92. The Morgan fingerprint density at radius 2 is 2.00 bits per heavy atom. The standard InChI is InChI=1S/C13H18FN3O2S2/c1-16-5-2-6-17(8-7-16)21(18,19)10-3-4-12(14)11(9-10)13(15)20/h3-4,9H,2,5-8H2,1H3,(H2,15,20). The van der Waals surface area contributed by atoms with E-state index >= 15 is 0 Å². The lowest BCUT2D eigenvalue weighted by Crippen LogP contribution is -2.34. The number of nitrogens with zero attached hydrogens (tertiary/aromatic N) is 2. The second-order valence-corrected chi connectivity index (χ2v) is 7.44. The van der Waals surface area contributed by atoms with Crippen molar-refractivity contribution in [1.82, 2.24) is 9.21 Å². The van der Waals surface area contributed by atoms with Crippen molar-refractivity contribution < 1.29 is 12.8 Å². The van der Waals surface area contributed by atoms with Gasteiger partial charge in [0.2, 0.25) is 10.0 Å². The van der Waals surface area contributed by atoms with Crippen molar-refractivity contribution in [3.63, 3.8) is 0 Å². The molecule has 2 N–H and O–H groups in total. The zero-order valence-corrected chi connectivity index (χ0v) is 13.4. The van der Waals surface area contributed by atoms with Gasteiger partial charge in [-0.2, -0.15) is 4.31 Å². The van der Waals surface area contributed by atoms with Crippen molar-refractivity contribution in [2.75, 3.05) is 33.2 Å². The summed E-state index contributed by atoms with van der Waals surface area (Å²) in [6.45, 7) is 2.39. The summed E-state index contributed by atoms with van der Waals surface area (Å²) in [7, 11) is -1.70. The van der Waals surface area contributed by atoms with E-state index in [-0.39, 0.29) is 15.4 Å². The molecule has 0 unspecified atom stereocenters. The summed E-state index contributed by atoms with van der Waals surface area (Å²) in [5, 5.41) is 0. The fourth-order valence-electron chi connectivity index (χ4n) is 2.27.